The summed E-state index contributed by atoms with van der Waals surface area (Å²) in [6.07, 6.45) is 0. The van der Waals surface area contributed by atoms with Crippen LogP contribution in [0.15, 0.2) is 0 Å². The maximum absolute atomic E-state index is 2.64. The molecule has 0 unspecified atom stereocenters. The Bertz CT molecular complexity index is 15.5. The molecule has 2 radical (unpaired) electrons. The van der Waals surface area contributed by atoms with Crippen LogP contribution in [0.1, 0.15) is 0 Å². The van der Waals surface area contributed by atoms with Gasteiger partial charge < -0.3 is 0 Å². The zero-order chi connectivity index (χ0) is 2.00. The van der Waals surface area contributed by atoms with Crippen LogP contribution in [0.2, 0.25) is 0 Å². The minimum absolute atomic E-state index is 0. The molecule has 6 heavy (non-hydrogen) atoms. The van der Waals surface area contributed by atoms with Gasteiger partial charge in [0.2, 0.25) is 0 Å². The maximum atomic E-state index is 2.64. The van der Waals surface area contributed by atoms with Gasteiger partial charge >= 0.3 is 77.4 Å². The third-order valence-electron chi connectivity index (χ3n) is 0. The molecular formula is H6AgCuGaInSeTe. The second-order valence-electron chi connectivity index (χ2n) is 0. The van der Waals surface area contributed by atoms with Gasteiger partial charge in [0.15, 0.2) is 0 Å². The topological polar surface area (TPSA) is 0 Å². The van der Waals surface area contributed by atoms with Crippen molar-refractivity contribution >= 4 is 77.4 Å². The Morgan fingerprint density at radius 3 is 1.17 bits per heavy atom. The molecule has 6 heteroatoms. The molecule has 0 N–H and O–H groups in total. The van der Waals surface area contributed by atoms with Crippen LogP contribution < -0.4 is 0 Å². The summed E-state index contributed by atoms with van der Waals surface area (Å²) in [6.45, 7) is 0. The van der Waals surface area contributed by atoms with Gasteiger partial charge in [-0.05, 0) is 0 Å². The quantitative estimate of drug-likeness (QED) is 0.272. The van der Waals surface area contributed by atoms with Gasteiger partial charge in [0, 0.05) is 39.4 Å². The molecule has 0 aliphatic rings. The SMILES string of the molecule is [Ag].[Cu].[GaH3].[InH3].[Se]=[Te]. The van der Waals surface area contributed by atoms with Crippen LogP contribution in [-0.2, 0) is 39.4 Å². The molecule has 0 spiro atoms. The molecule has 0 aromatic carbocycles. The second kappa shape index (κ2) is 35.6. The molecule has 0 saturated heterocycles. The zero-order valence-corrected chi connectivity index (χ0v) is 7.89. The molecule has 0 amide bonds. The van der Waals surface area contributed by atoms with Crippen molar-refractivity contribution in [3.63, 3.8) is 0 Å². The Labute approximate surface area is 114 Å². The van der Waals surface area contributed by atoms with Crippen molar-refractivity contribution < 1.29 is 39.4 Å². The van der Waals surface area contributed by atoms with Crippen molar-refractivity contribution in [2.45, 2.75) is 0 Å². The van der Waals surface area contributed by atoms with E-state index in [-0.39, 0.29) is 85.1 Å². The monoisotopic (exact) mass is 570 g/mol. The summed E-state index contributed by atoms with van der Waals surface area (Å²) in [6, 6.07) is 0. The minimum atomic E-state index is 0. The van der Waals surface area contributed by atoms with Crippen molar-refractivity contribution in [3.05, 3.63) is 0 Å². The van der Waals surface area contributed by atoms with Crippen molar-refractivity contribution in [1.29, 1.82) is 0 Å². The first kappa shape index (κ1) is 32.2. The average Bonchev–Trinajstić information content (AvgIpc) is 1.00. The molecule has 0 aromatic rings. The third kappa shape index (κ3) is 24.3. The Hall–Kier alpha value is 4.08. The molecule has 0 nitrogen and oxygen atoms in total. The first-order valence-electron chi connectivity index (χ1n) is 0.167. The number of rotatable bonds is 0. The van der Waals surface area contributed by atoms with Gasteiger partial charge in [0.05, 0.1) is 0 Å². The summed E-state index contributed by atoms with van der Waals surface area (Å²) < 4.78 is 0. The number of hydrogen-bond donors (Lipinski definition) is 0. The normalized spacial score (nSPS) is 0.667. The molecule has 0 bridgehead atoms. The molecule has 0 rings (SSSR count). The molecular weight excluding hydrogens is 563 g/mol. The van der Waals surface area contributed by atoms with Gasteiger partial charge in [-0.1, -0.05) is 0 Å². The molecule has 0 aliphatic heterocycles. The predicted molar refractivity (Wildman–Crippen MR) is 31.4 cm³/mol. The first-order valence-corrected chi connectivity index (χ1v) is 5.81. The van der Waals surface area contributed by atoms with E-state index in [0.29, 0.717) is 0 Å². The van der Waals surface area contributed by atoms with Crippen molar-refractivity contribution in [2.24, 2.45) is 0 Å². The van der Waals surface area contributed by atoms with E-state index >= 15 is 0 Å². The van der Waals surface area contributed by atoms with Gasteiger partial charge in [0.25, 0.3) is 0 Å². The third-order valence-corrected chi connectivity index (χ3v) is 0. The fourth-order valence-electron chi connectivity index (χ4n) is 0. The summed E-state index contributed by atoms with van der Waals surface area (Å²) in [5.41, 5.74) is 0. The van der Waals surface area contributed by atoms with Crippen LogP contribution >= 0.6 is 0 Å². The predicted octanol–water partition coefficient (Wildman–Crippen LogP) is -3.13. The van der Waals surface area contributed by atoms with E-state index < -0.39 is 0 Å². The van der Waals surface area contributed by atoms with Crippen molar-refractivity contribution in [3.8, 4) is 0 Å². The first-order chi connectivity index (χ1) is 1.00. The zero-order valence-electron chi connectivity index (χ0n) is 1.42. The standard InChI is InChI=1S/Ag.Cu.Ga.In.SeTe.6H/c;;;;1-2;;;;;;. The van der Waals surface area contributed by atoms with Crippen molar-refractivity contribution in [1.82, 2.24) is 0 Å². The molecule has 46 valence electrons. The molecule has 0 aliphatic carbocycles. The van der Waals surface area contributed by atoms with E-state index in [1.165, 1.54) is 0 Å². The van der Waals surface area contributed by atoms with Gasteiger partial charge in [-0.15, -0.1) is 0 Å². The van der Waals surface area contributed by atoms with E-state index in [2.05, 4.69) is 12.3 Å². The van der Waals surface area contributed by atoms with E-state index in [1.54, 1.807) is 0 Å². The number of hydrogen-bond acceptors (Lipinski definition) is 0. The Kier molecular flexibility index (Phi) is 191. The Balaban J connectivity index is -0.000000000833. The average molecular weight is 569 g/mol. The molecule has 0 heterocycles. The van der Waals surface area contributed by atoms with E-state index in [4.69, 9.17) is 0 Å². The van der Waals surface area contributed by atoms with E-state index in [1.807, 2.05) is 19.5 Å². The van der Waals surface area contributed by atoms with Crippen LogP contribution in [0, 0.1) is 0 Å². The summed E-state index contributed by atoms with van der Waals surface area (Å²) in [7, 11) is 0. The summed E-state index contributed by atoms with van der Waals surface area (Å²) in [5, 5.41) is 0. The Morgan fingerprint density at radius 1 is 1.17 bits per heavy atom. The molecule has 0 aromatic heterocycles. The second-order valence-corrected chi connectivity index (χ2v) is 0. The van der Waals surface area contributed by atoms with Crippen LogP contribution in [0.4, 0.5) is 0 Å². The Morgan fingerprint density at radius 2 is 1.17 bits per heavy atom. The van der Waals surface area contributed by atoms with Crippen LogP contribution in [-0.4, -0.2) is 77.4 Å². The van der Waals surface area contributed by atoms with E-state index in [0.717, 1.165) is 0 Å². The molecule has 0 saturated carbocycles. The summed E-state index contributed by atoms with van der Waals surface area (Å²) >= 11 is 4.46. The molecule has 0 fully saturated rings. The molecule has 0 atom stereocenters. The van der Waals surface area contributed by atoms with Crippen LogP contribution in [0.3, 0.4) is 0 Å². The fourth-order valence-corrected chi connectivity index (χ4v) is 0. The van der Waals surface area contributed by atoms with Gasteiger partial charge in [-0.3, -0.25) is 0 Å². The van der Waals surface area contributed by atoms with Crippen LogP contribution in [0.25, 0.3) is 0 Å². The summed E-state index contributed by atoms with van der Waals surface area (Å²) in [5.74, 6) is 0. The van der Waals surface area contributed by atoms with Crippen molar-refractivity contribution in [2.75, 3.05) is 0 Å². The van der Waals surface area contributed by atoms with Gasteiger partial charge in [-0.25, -0.2) is 0 Å². The summed E-state index contributed by atoms with van der Waals surface area (Å²) in [4.78, 5) is 0. The van der Waals surface area contributed by atoms with Gasteiger partial charge in [0.1, 0.15) is 0 Å². The van der Waals surface area contributed by atoms with Gasteiger partial charge in [-0.2, -0.15) is 0 Å². The van der Waals surface area contributed by atoms with E-state index in [9.17, 15) is 0 Å². The van der Waals surface area contributed by atoms with Crippen LogP contribution in [0.5, 0.6) is 0 Å². The fraction of sp³-hybridized carbons (Fsp3) is 0.